The maximum Gasteiger partial charge on any atom is 0.123 e. The third kappa shape index (κ3) is 5.28. The van der Waals surface area contributed by atoms with E-state index in [1.165, 1.54) is 12.1 Å². The van der Waals surface area contributed by atoms with E-state index >= 15 is 0 Å². The molecule has 1 saturated heterocycles. The standard InChI is InChI=1S/C17H23FN2OS/c18-16-4-2-14(3-5-16)17(21)15-6-10-20(11-7-15)9-1-12-22-13-8-19/h2-5,15,17,21H,1,6-7,9-13H2. The van der Waals surface area contributed by atoms with Crippen LogP contribution in [0.3, 0.4) is 0 Å². The summed E-state index contributed by atoms with van der Waals surface area (Å²) < 4.78 is 12.9. The molecule has 0 amide bonds. The van der Waals surface area contributed by atoms with Gasteiger partial charge >= 0.3 is 0 Å². The fourth-order valence-electron chi connectivity index (χ4n) is 2.93. The van der Waals surface area contributed by atoms with Crippen LogP contribution in [0.1, 0.15) is 30.9 Å². The molecular formula is C17H23FN2OS. The highest BCUT2D eigenvalue weighted by Crippen LogP contribution is 2.30. The van der Waals surface area contributed by atoms with Crippen molar-refractivity contribution in [3.05, 3.63) is 35.6 Å². The Kier molecular flexibility index (Phi) is 7.17. The molecule has 1 aromatic rings. The lowest BCUT2D eigenvalue weighted by atomic mass is 9.87. The molecule has 2 rings (SSSR count). The van der Waals surface area contributed by atoms with Gasteiger partial charge in [-0.05, 0) is 68.3 Å². The number of benzene rings is 1. The lowest BCUT2D eigenvalue weighted by Gasteiger charge is -2.34. The van der Waals surface area contributed by atoms with Crippen molar-refractivity contribution in [1.82, 2.24) is 4.90 Å². The third-order valence-corrected chi connectivity index (χ3v) is 5.13. The van der Waals surface area contributed by atoms with Crippen LogP contribution in [0.2, 0.25) is 0 Å². The Morgan fingerprint density at radius 2 is 2.00 bits per heavy atom. The van der Waals surface area contributed by atoms with Crippen LogP contribution >= 0.6 is 11.8 Å². The van der Waals surface area contributed by atoms with Crippen molar-refractivity contribution in [2.24, 2.45) is 5.92 Å². The van der Waals surface area contributed by atoms with Crippen LogP contribution in [-0.2, 0) is 0 Å². The van der Waals surface area contributed by atoms with Crippen molar-refractivity contribution >= 4 is 11.8 Å². The fourth-order valence-corrected chi connectivity index (χ4v) is 3.50. The Morgan fingerprint density at radius 3 is 2.64 bits per heavy atom. The summed E-state index contributed by atoms with van der Waals surface area (Å²) in [5.41, 5.74) is 0.813. The Labute approximate surface area is 136 Å². The Bertz CT molecular complexity index is 480. The molecule has 120 valence electrons. The summed E-state index contributed by atoms with van der Waals surface area (Å²) in [7, 11) is 0. The number of nitrogens with zero attached hydrogens (tertiary/aromatic N) is 2. The quantitative estimate of drug-likeness (QED) is 0.783. The summed E-state index contributed by atoms with van der Waals surface area (Å²) in [5.74, 6) is 1.60. The molecule has 0 saturated carbocycles. The molecule has 1 aromatic carbocycles. The first-order valence-corrected chi connectivity index (χ1v) is 8.96. The molecule has 3 nitrogen and oxygen atoms in total. The summed E-state index contributed by atoms with van der Waals surface area (Å²) in [4.78, 5) is 2.43. The second kappa shape index (κ2) is 9.14. The van der Waals surface area contributed by atoms with E-state index in [4.69, 9.17) is 5.26 Å². The van der Waals surface area contributed by atoms with Crippen molar-refractivity contribution in [3.63, 3.8) is 0 Å². The lowest BCUT2D eigenvalue weighted by Crippen LogP contribution is -2.36. The highest BCUT2D eigenvalue weighted by Gasteiger charge is 2.25. The number of piperidine rings is 1. The van der Waals surface area contributed by atoms with Crippen molar-refractivity contribution in [1.29, 1.82) is 5.26 Å². The Hall–Kier alpha value is -1.09. The zero-order valence-electron chi connectivity index (χ0n) is 12.7. The van der Waals surface area contributed by atoms with Crippen LogP contribution in [0, 0.1) is 23.1 Å². The largest absolute Gasteiger partial charge is 0.388 e. The van der Waals surface area contributed by atoms with Gasteiger partial charge in [-0.2, -0.15) is 5.26 Å². The monoisotopic (exact) mass is 322 g/mol. The number of aliphatic hydroxyl groups excluding tert-OH is 1. The minimum atomic E-state index is -0.492. The number of aliphatic hydroxyl groups is 1. The predicted molar refractivity (Wildman–Crippen MR) is 88.1 cm³/mol. The van der Waals surface area contributed by atoms with Crippen molar-refractivity contribution < 1.29 is 9.50 Å². The topological polar surface area (TPSA) is 47.3 Å². The summed E-state index contributed by atoms with van der Waals surface area (Å²) in [5, 5.41) is 18.9. The molecule has 1 fully saturated rings. The van der Waals surface area contributed by atoms with Gasteiger partial charge in [0.05, 0.1) is 17.9 Å². The minimum Gasteiger partial charge on any atom is -0.388 e. The van der Waals surface area contributed by atoms with Gasteiger partial charge in [-0.15, -0.1) is 11.8 Å². The van der Waals surface area contributed by atoms with Gasteiger partial charge < -0.3 is 10.0 Å². The zero-order valence-corrected chi connectivity index (χ0v) is 13.6. The molecule has 5 heteroatoms. The van der Waals surface area contributed by atoms with Gasteiger partial charge in [-0.1, -0.05) is 12.1 Å². The summed E-state index contributed by atoms with van der Waals surface area (Å²) in [6.07, 6.45) is 2.57. The molecule has 1 aliphatic heterocycles. The van der Waals surface area contributed by atoms with Gasteiger partial charge in [0.1, 0.15) is 5.82 Å². The average molecular weight is 322 g/mol. The first-order valence-electron chi connectivity index (χ1n) is 7.81. The van der Waals surface area contributed by atoms with Crippen molar-refractivity contribution in [2.75, 3.05) is 31.1 Å². The molecular weight excluding hydrogens is 299 g/mol. The maximum atomic E-state index is 12.9. The molecule has 1 aliphatic rings. The van der Waals surface area contributed by atoms with Crippen LogP contribution in [0.15, 0.2) is 24.3 Å². The number of likely N-dealkylation sites (tertiary alicyclic amines) is 1. The molecule has 0 spiro atoms. The van der Waals surface area contributed by atoms with Crippen molar-refractivity contribution in [3.8, 4) is 6.07 Å². The first kappa shape index (κ1) is 17.3. The average Bonchev–Trinajstić information content (AvgIpc) is 2.55. The normalized spacial score (nSPS) is 18.0. The Morgan fingerprint density at radius 1 is 1.32 bits per heavy atom. The molecule has 1 atom stereocenters. The molecule has 1 N–H and O–H groups in total. The van der Waals surface area contributed by atoms with Gasteiger partial charge in [0.2, 0.25) is 0 Å². The smallest absolute Gasteiger partial charge is 0.123 e. The first-order chi connectivity index (χ1) is 10.7. The molecule has 0 radical (unpaired) electrons. The van der Waals surface area contributed by atoms with E-state index in [0.29, 0.717) is 5.75 Å². The van der Waals surface area contributed by atoms with Crippen LogP contribution in [-0.4, -0.2) is 41.1 Å². The van der Waals surface area contributed by atoms with Gasteiger partial charge in [-0.25, -0.2) is 4.39 Å². The van der Waals surface area contributed by atoms with E-state index in [-0.39, 0.29) is 11.7 Å². The highest BCUT2D eigenvalue weighted by molar-refractivity contribution is 7.99. The molecule has 1 unspecified atom stereocenters. The summed E-state index contributed by atoms with van der Waals surface area (Å²) >= 11 is 1.69. The van der Waals surface area contributed by atoms with Crippen LogP contribution in [0.25, 0.3) is 0 Å². The van der Waals surface area contributed by atoms with E-state index in [9.17, 15) is 9.50 Å². The number of thioether (sulfide) groups is 1. The van der Waals surface area contributed by atoms with Crippen LogP contribution < -0.4 is 0 Å². The Balaban J connectivity index is 1.70. The number of hydrogen-bond acceptors (Lipinski definition) is 4. The number of nitriles is 1. The highest BCUT2D eigenvalue weighted by atomic mass is 32.2. The van der Waals surface area contributed by atoms with E-state index in [1.807, 2.05) is 0 Å². The van der Waals surface area contributed by atoms with E-state index in [2.05, 4.69) is 11.0 Å². The van der Waals surface area contributed by atoms with E-state index < -0.39 is 6.10 Å². The van der Waals surface area contributed by atoms with Crippen LogP contribution in [0.5, 0.6) is 0 Å². The van der Waals surface area contributed by atoms with Gasteiger partial charge in [-0.3, -0.25) is 0 Å². The van der Waals surface area contributed by atoms with E-state index in [0.717, 1.165) is 50.2 Å². The summed E-state index contributed by atoms with van der Waals surface area (Å²) in [6, 6.07) is 8.32. The van der Waals surface area contributed by atoms with Gasteiger partial charge in [0.25, 0.3) is 0 Å². The van der Waals surface area contributed by atoms with Crippen LogP contribution in [0.4, 0.5) is 4.39 Å². The number of halogens is 1. The second-order valence-corrected chi connectivity index (χ2v) is 6.84. The molecule has 0 aliphatic carbocycles. The number of rotatable bonds is 7. The second-order valence-electron chi connectivity index (χ2n) is 5.74. The minimum absolute atomic E-state index is 0.259. The molecule has 0 aromatic heterocycles. The van der Waals surface area contributed by atoms with Crippen molar-refractivity contribution in [2.45, 2.75) is 25.4 Å². The maximum absolute atomic E-state index is 12.9. The molecule has 22 heavy (non-hydrogen) atoms. The fraction of sp³-hybridized carbons (Fsp3) is 0.588. The SMILES string of the molecule is N#CCSCCCN1CCC(C(O)c2ccc(F)cc2)CC1. The van der Waals surface area contributed by atoms with Gasteiger partial charge in [0, 0.05) is 0 Å². The third-order valence-electron chi connectivity index (χ3n) is 4.22. The predicted octanol–water partition coefficient (Wildman–Crippen LogP) is 3.22. The van der Waals surface area contributed by atoms with E-state index in [1.54, 1.807) is 23.9 Å². The zero-order chi connectivity index (χ0) is 15.8. The number of hydrogen-bond donors (Lipinski definition) is 1. The lowest BCUT2D eigenvalue weighted by molar-refractivity contribution is 0.0590. The molecule has 0 bridgehead atoms. The molecule has 1 heterocycles. The summed E-state index contributed by atoms with van der Waals surface area (Å²) in [6.45, 7) is 3.08. The van der Waals surface area contributed by atoms with Gasteiger partial charge in [0.15, 0.2) is 0 Å².